The van der Waals surface area contributed by atoms with Crippen LogP contribution in [0.5, 0.6) is 11.5 Å². The minimum absolute atomic E-state index is 0.0265. The number of nitrogens with one attached hydrogen (secondary N) is 1. The maximum absolute atomic E-state index is 12.9. The van der Waals surface area contributed by atoms with Gasteiger partial charge in [-0.15, -0.1) is 0 Å². The van der Waals surface area contributed by atoms with E-state index < -0.39 is 0 Å². The maximum atomic E-state index is 12.9. The van der Waals surface area contributed by atoms with E-state index in [-0.39, 0.29) is 11.7 Å². The molecule has 1 saturated heterocycles. The van der Waals surface area contributed by atoms with Crippen LogP contribution in [0.4, 0.5) is 0 Å². The highest BCUT2D eigenvalue weighted by molar-refractivity contribution is 7.51. The average molecular weight is 399 g/mol. The van der Waals surface area contributed by atoms with Crippen molar-refractivity contribution in [2.75, 3.05) is 33.9 Å². The Labute approximate surface area is 167 Å². The molecule has 4 rings (SSSR count). The van der Waals surface area contributed by atoms with Gasteiger partial charge in [0, 0.05) is 38.0 Å². The van der Waals surface area contributed by atoms with Gasteiger partial charge in [-0.1, -0.05) is 20.7 Å². The largest absolute Gasteiger partial charge is 0.493 e. The summed E-state index contributed by atoms with van der Waals surface area (Å²) in [5.41, 5.74) is 2.12. The number of piperazine rings is 1. The number of fused-ring (bicyclic) bond motifs is 1. The van der Waals surface area contributed by atoms with Crippen molar-refractivity contribution in [1.29, 1.82) is 0 Å². The van der Waals surface area contributed by atoms with Gasteiger partial charge in [0.2, 0.25) is 0 Å². The predicted octanol–water partition coefficient (Wildman–Crippen LogP) is 2.60. The first-order chi connectivity index (χ1) is 13.6. The van der Waals surface area contributed by atoms with Gasteiger partial charge in [0.05, 0.1) is 25.7 Å². The molecule has 1 N–H and O–H groups in total. The molecule has 3 heterocycles. The van der Waals surface area contributed by atoms with Gasteiger partial charge < -0.3 is 24.6 Å². The van der Waals surface area contributed by atoms with Crippen molar-refractivity contribution in [3.63, 3.8) is 0 Å². The standard InChI is InChI=1S/C21H26N3O3P/c1-14-12-23(9-8-22-14)16-5-7-21-24(13-16)20(25)11-19(28-21)15-4-6-17(26-2)18(10-15)27-3/h4-7,10-11,13-14,21-22,28H,8-9,12H2,1-3H3/t14-,21?/m1/s1. The van der Waals surface area contributed by atoms with E-state index >= 15 is 0 Å². The zero-order valence-corrected chi connectivity index (χ0v) is 17.4. The van der Waals surface area contributed by atoms with Crippen LogP contribution in [0.1, 0.15) is 12.5 Å². The smallest absolute Gasteiger partial charge is 0.252 e. The summed E-state index contributed by atoms with van der Waals surface area (Å²) in [5, 5.41) is 4.50. The molecule has 0 aliphatic carbocycles. The Hall–Kier alpha value is -2.30. The summed E-state index contributed by atoms with van der Waals surface area (Å²) in [6.45, 7) is 5.07. The lowest BCUT2D eigenvalue weighted by molar-refractivity contribution is -0.123. The topological polar surface area (TPSA) is 54.0 Å². The monoisotopic (exact) mass is 399 g/mol. The molecule has 148 valence electrons. The number of carbonyl (C=O) groups excluding carboxylic acids is 1. The molecule has 3 atom stereocenters. The van der Waals surface area contributed by atoms with E-state index in [0.29, 0.717) is 26.1 Å². The average Bonchev–Trinajstić information content (AvgIpc) is 2.73. The number of methoxy groups -OCH3 is 2. The van der Waals surface area contributed by atoms with E-state index in [1.807, 2.05) is 29.3 Å². The highest BCUT2D eigenvalue weighted by Gasteiger charge is 2.30. The molecule has 28 heavy (non-hydrogen) atoms. The zero-order valence-electron chi connectivity index (χ0n) is 16.4. The van der Waals surface area contributed by atoms with Gasteiger partial charge in [-0.3, -0.25) is 4.79 Å². The van der Waals surface area contributed by atoms with Crippen LogP contribution >= 0.6 is 8.58 Å². The first-order valence-electron chi connectivity index (χ1n) is 9.50. The van der Waals surface area contributed by atoms with Crippen molar-refractivity contribution >= 4 is 19.8 Å². The lowest BCUT2D eigenvalue weighted by atomic mass is 10.1. The van der Waals surface area contributed by atoms with Crippen LogP contribution < -0.4 is 14.8 Å². The molecule has 7 heteroatoms. The second-order valence-electron chi connectivity index (χ2n) is 7.18. The van der Waals surface area contributed by atoms with Crippen LogP contribution in [-0.2, 0) is 4.79 Å². The Balaban J connectivity index is 1.57. The fraction of sp³-hybridized carbons (Fsp3) is 0.381. The molecule has 3 aliphatic heterocycles. The minimum Gasteiger partial charge on any atom is -0.493 e. The number of hydrogen-bond donors (Lipinski definition) is 1. The van der Waals surface area contributed by atoms with Crippen LogP contribution in [0, 0.1) is 0 Å². The lowest BCUT2D eigenvalue weighted by Gasteiger charge is -2.39. The van der Waals surface area contributed by atoms with Crippen molar-refractivity contribution in [2.24, 2.45) is 0 Å². The first-order valence-corrected chi connectivity index (χ1v) is 10.6. The fourth-order valence-electron chi connectivity index (χ4n) is 3.79. The second kappa shape index (κ2) is 7.98. The summed E-state index contributed by atoms with van der Waals surface area (Å²) < 4.78 is 10.7. The molecule has 2 unspecified atom stereocenters. The Kier molecular flexibility index (Phi) is 5.42. The normalized spacial score (nSPS) is 25.3. The Morgan fingerprint density at radius 2 is 2.04 bits per heavy atom. The van der Waals surface area contributed by atoms with Gasteiger partial charge in [-0.05, 0) is 36.0 Å². The molecular formula is C21H26N3O3P. The number of allylic oxidation sites excluding steroid dienone is 1. The van der Waals surface area contributed by atoms with E-state index in [4.69, 9.17) is 9.47 Å². The summed E-state index contributed by atoms with van der Waals surface area (Å²) in [6, 6.07) is 6.27. The van der Waals surface area contributed by atoms with Crippen molar-refractivity contribution in [3.8, 4) is 11.5 Å². The Morgan fingerprint density at radius 3 is 2.79 bits per heavy atom. The molecular weight excluding hydrogens is 373 g/mol. The molecule has 0 saturated carbocycles. The van der Waals surface area contributed by atoms with Crippen molar-refractivity contribution in [2.45, 2.75) is 18.7 Å². The summed E-state index contributed by atoms with van der Waals surface area (Å²) in [5.74, 6) is 1.47. The third kappa shape index (κ3) is 3.67. The molecule has 1 aromatic carbocycles. The molecule has 0 aromatic heterocycles. The molecule has 3 aliphatic rings. The van der Waals surface area contributed by atoms with Gasteiger partial charge >= 0.3 is 0 Å². The van der Waals surface area contributed by atoms with Gasteiger partial charge in [0.15, 0.2) is 11.5 Å². The summed E-state index contributed by atoms with van der Waals surface area (Å²) in [6.07, 6.45) is 8.09. The second-order valence-corrected chi connectivity index (χ2v) is 8.60. The molecule has 1 amide bonds. The molecule has 0 bridgehead atoms. The summed E-state index contributed by atoms with van der Waals surface area (Å²) >= 11 is 0. The predicted molar refractivity (Wildman–Crippen MR) is 113 cm³/mol. The van der Waals surface area contributed by atoms with Crippen molar-refractivity contribution in [1.82, 2.24) is 15.1 Å². The minimum atomic E-state index is 0.0265. The molecule has 1 aromatic rings. The SMILES string of the molecule is COc1ccc(C2=CC(=O)N3C=C(N4CCN[C@H](C)C4)C=CC3P2)cc1OC. The first kappa shape index (κ1) is 19.0. The summed E-state index contributed by atoms with van der Waals surface area (Å²) in [7, 11) is 3.73. The zero-order chi connectivity index (χ0) is 19.7. The van der Waals surface area contributed by atoms with Crippen LogP contribution in [0.2, 0.25) is 0 Å². The molecule has 6 nitrogen and oxygen atoms in total. The Bertz CT molecular complexity index is 864. The Morgan fingerprint density at radius 1 is 1.21 bits per heavy atom. The number of rotatable bonds is 4. The number of ether oxygens (including phenoxy) is 2. The van der Waals surface area contributed by atoms with Crippen molar-refractivity contribution in [3.05, 3.63) is 53.9 Å². The molecule has 0 radical (unpaired) electrons. The van der Waals surface area contributed by atoms with Crippen LogP contribution in [-0.4, -0.2) is 61.4 Å². The summed E-state index contributed by atoms with van der Waals surface area (Å²) in [4.78, 5) is 17.1. The van der Waals surface area contributed by atoms with E-state index in [0.717, 1.165) is 36.2 Å². The highest BCUT2D eigenvalue weighted by Crippen LogP contribution is 2.46. The highest BCUT2D eigenvalue weighted by atomic mass is 31.1. The number of benzene rings is 1. The van der Waals surface area contributed by atoms with E-state index in [1.54, 1.807) is 20.3 Å². The fourth-order valence-corrected chi connectivity index (χ4v) is 5.17. The van der Waals surface area contributed by atoms with Gasteiger partial charge in [-0.25, -0.2) is 0 Å². The van der Waals surface area contributed by atoms with Crippen LogP contribution in [0.25, 0.3) is 5.31 Å². The van der Waals surface area contributed by atoms with Crippen LogP contribution in [0.3, 0.4) is 0 Å². The van der Waals surface area contributed by atoms with E-state index in [9.17, 15) is 4.79 Å². The van der Waals surface area contributed by atoms with E-state index in [2.05, 4.69) is 29.3 Å². The van der Waals surface area contributed by atoms with Crippen LogP contribution in [0.15, 0.2) is 48.3 Å². The van der Waals surface area contributed by atoms with Gasteiger partial charge in [-0.2, -0.15) is 0 Å². The number of hydrogen-bond acceptors (Lipinski definition) is 5. The van der Waals surface area contributed by atoms with Gasteiger partial charge in [0.1, 0.15) is 0 Å². The maximum Gasteiger partial charge on any atom is 0.252 e. The number of nitrogens with zero attached hydrogens (tertiary/aromatic N) is 2. The molecule has 0 spiro atoms. The third-order valence-electron chi connectivity index (χ3n) is 5.27. The molecule has 1 fully saturated rings. The van der Waals surface area contributed by atoms with E-state index in [1.165, 1.54) is 0 Å². The lowest BCUT2D eigenvalue weighted by Crippen LogP contribution is -2.49. The van der Waals surface area contributed by atoms with Crippen molar-refractivity contribution < 1.29 is 14.3 Å². The third-order valence-corrected chi connectivity index (χ3v) is 6.78. The van der Waals surface area contributed by atoms with Gasteiger partial charge in [0.25, 0.3) is 5.91 Å². The number of amides is 1. The number of carbonyl (C=O) groups is 1. The quantitative estimate of drug-likeness (QED) is 0.789.